The molecule has 0 N–H and O–H groups in total. The number of ketones is 1. The van der Waals surface area contributed by atoms with E-state index < -0.39 is 0 Å². The summed E-state index contributed by atoms with van der Waals surface area (Å²) < 4.78 is 0. The summed E-state index contributed by atoms with van der Waals surface area (Å²) in [6.45, 7) is 4.25. The van der Waals surface area contributed by atoms with Crippen molar-refractivity contribution in [1.82, 2.24) is 4.98 Å². The summed E-state index contributed by atoms with van der Waals surface area (Å²) in [4.78, 5) is 19.2. The molecule has 1 aliphatic carbocycles. The minimum absolute atomic E-state index is 0.275. The second-order valence-electron chi connectivity index (χ2n) is 4.25. The molecule has 0 saturated heterocycles. The summed E-state index contributed by atoms with van der Waals surface area (Å²) in [6.07, 6.45) is 2.62. The van der Waals surface area contributed by atoms with Crippen molar-refractivity contribution in [3.63, 3.8) is 0 Å². The molecular formula is C11H16N2OS. The highest BCUT2D eigenvalue weighted by Crippen LogP contribution is 2.31. The quantitative estimate of drug-likeness (QED) is 0.774. The Morgan fingerprint density at radius 2 is 2.13 bits per heavy atom. The number of aromatic nitrogens is 1. The molecule has 0 atom stereocenters. The first-order valence-corrected chi connectivity index (χ1v) is 6.17. The summed E-state index contributed by atoms with van der Waals surface area (Å²) in [6, 6.07) is 0.424. The zero-order valence-electron chi connectivity index (χ0n) is 9.41. The number of thiazole rings is 1. The predicted molar refractivity (Wildman–Crippen MR) is 62.9 cm³/mol. The van der Waals surface area contributed by atoms with Gasteiger partial charge in [0.25, 0.3) is 0 Å². The van der Waals surface area contributed by atoms with Crippen molar-refractivity contribution in [1.29, 1.82) is 0 Å². The molecule has 0 fully saturated rings. The summed E-state index contributed by atoms with van der Waals surface area (Å²) in [7, 11) is 2.03. The first kappa shape index (κ1) is 10.6. The Labute approximate surface area is 94.1 Å². The Hall–Kier alpha value is -0.900. The number of carbonyl (C=O) groups excluding carboxylic acids is 1. The molecular weight excluding hydrogens is 208 g/mol. The van der Waals surface area contributed by atoms with Crippen molar-refractivity contribution >= 4 is 22.3 Å². The Morgan fingerprint density at radius 1 is 1.40 bits per heavy atom. The van der Waals surface area contributed by atoms with Crippen LogP contribution in [0.3, 0.4) is 0 Å². The Bertz CT molecular complexity index is 384. The van der Waals surface area contributed by atoms with E-state index in [1.807, 2.05) is 7.05 Å². The van der Waals surface area contributed by atoms with Crippen molar-refractivity contribution in [2.24, 2.45) is 0 Å². The molecule has 1 heterocycles. The van der Waals surface area contributed by atoms with Gasteiger partial charge in [0.1, 0.15) is 0 Å². The minimum atomic E-state index is 0.275. The maximum atomic E-state index is 11.6. The number of rotatable bonds is 2. The lowest BCUT2D eigenvalue weighted by Gasteiger charge is -2.19. The molecule has 0 saturated carbocycles. The van der Waals surface area contributed by atoms with Crippen LogP contribution in [0, 0.1) is 0 Å². The highest BCUT2D eigenvalue weighted by Gasteiger charge is 2.23. The van der Waals surface area contributed by atoms with Gasteiger partial charge in [-0.25, -0.2) is 4.98 Å². The monoisotopic (exact) mass is 224 g/mol. The molecule has 82 valence electrons. The molecule has 4 heteroatoms. The van der Waals surface area contributed by atoms with Gasteiger partial charge < -0.3 is 4.90 Å². The largest absolute Gasteiger partial charge is 0.349 e. The number of hydrogen-bond donors (Lipinski definition) is 0. The van der Waals surface area contributed by atoms with Crippen molar-refractivity contribution in [3.05, 3.63) is 10.6 Å². The van der Waals surface area contributed by atoms with Gasteiger partial charge in [-0.2, -0.15) is 0 Å². The summed E-state index contributed by atoms with van der Waals surface area (Å²) in [5.74, 6) is 0.275. The third-order valence-corrected chi connectivity index (χ3v) is 4.06. The van der Waals surface area contributed by atoms with Gasteiger partial charge in [0.15, 0.2) is 10.9 Å². The standard InChI is InChI=1S/C11H16N2OS/c1-7(2)13(3)11-12-8-5-4-6-9(14)10(8)15-11/h7H,4-6H2,1-3H3. The van der Waals surface area contributed by atoms with Gasteiger partial charge in [-0.05, 0) is 26.7 Å². The van der Waals surface area contributed by atoms with Crippen LogP contribution in [0.25, 0.3) is 0 Å². The van der Waals surface area contributed by atoms with Crippen LogP contribution in [0.2, 0.25) is 0 Å². The van der Waals surface area contributed by atoms with Gasteiger partial charge in [-0.3, -0.25) is 4.79 Å². The highest BCUT2D eigenvalue weighted by molar-refractivity contribution is 7.17. The Balaban J connectivity index is 2.33. The zero-order valence-corrected chi connectivity index (χ0v) is 10.2. The molecule has 1 aromatic heterocycles. The minimum Gasteiger partial charge on any atom is -0.349 e. The summed E-state index contributed by atoms with van der Waals surface area (Å²) in [5, 5.41) is 0.977. The molecule has 15 heavy (non-hydrogen) atoms. The van der Waals surface area contributed by atoms with E-state index in [-0.39, 0.29) is 5.78 Å². The van der Waals surface area contributed by atoms with E-state index in [1.54, 1.807) is 11.3 Å². The Kier molecular flexibility index (Phi) is 2.78. The van der Waals surface area contributed by atoms with E-state index >= 15 is 0 Å². The average molecular weight is 224 g/mol. The lowest BCUT2D eigenvalue weighted by molar-refractivity contribution is 0.0976. The highest BCUT2D eigenvalue weighted by atomic mass is 32.1. The molecule has 0 bridgehead atoms. The van der Waals surface area contributed by atoms with E-state index in [0.717, 1.165) is 28.5 Å². The number of hydrogen-bond acceptors (Lipinski definition) is 4. The first-order valence-electron chi connectivity index (χ1n) is 5.35. The van der Waals surface area contributed by atoms with E-state index in [9.17, 15) is 4.79 Å². The maximum Gasteiger partial charge on any atom is 0.186 e. The van der Waals surface area contributed by atoms with E-state index in [0.29, 0.717) is 12.5 Å². The Morgan fingerprint density at radius 3 is 2.73 bits per heavy atom. The van der Waals surface area contributed by atoms with Crippen LogP contribution in [-0.2, 0) is 6.42 Å². The number of fused-ring (bicyclic) bond motifs is 1. The predicted octanol–water partition coefficient (Wildman–Crippen LogP) is 2.51. The van der Waals surface area contributed by atoms with Gasteiger partial charge >= 0.3 is 0 Å². The fourth-order valence-electron chi connectivity index (χ4n) is 1.63. The van der Waals surface area contributed by atoms with Crippen LogP contribution in [-0.4, -0.2) is 23.9 Å². The third-order valence-electron chi connectivity index (χ3n) is 2.83. The fraction of sp³-hybridized carbons (Fsp3) is 0.636. The zero-order chi connectivity index (χ0) is 11.0. The van der Waals surface area contributed by atoms with Crippen LogP contribution >= 0.6 is 11.3 Å². The van der Waals surface area contributed by atoms with Crippen LogP contribution in [0.4, 0.5) is 5.13 Å². The van der Waals surface area contributed by atoms with Crippen LogP contribution < -0.4 is 4.90 Å². The molecule has 0 aliphatic heterocycles. The molecule has 0 spiro atoms. The van der Waals surface area contributed by atoms with Gasteiger partial charge in [0, 0.05) is 19.5 Å². The summed E-state index contributed by atoms with van der Waals surface area (Å²) in [5.41, 5.74) is 1.01. The van der Waals surface area contributed by atoms with Gasteiger partial charge in [-0.15, -0.1) is 0 Å². The fourth-order valence-corrected chi connectivity index (χ4v) is 2.80. The molecule has 0 unspecified atom stereocenters. The van der Waals surface area contributed by atoms with Gasteiger partial charge in [0.2, 0.25) is 0 Å². The molecule has 0 amide bonds. The van der Waals surface area contributed by atoms with Gasteiger partial charge in [0.05, 0.1) is 10.6 Å². The second kappa shape index (κ2) is 3.93. The van der Waals surface area contributed by atoms with Crippen LogP contribution in [0.15, 0.2) is 0 Å². The number of Topliss-reactive ketones (excluding diaryl/α,β-unsaturated/α-hetero) is 1. The van der Waals surface area contributed by atoms with Crippen molar-refractivity contribution in [2.75, 3.05) is 11.9 Å². The van der Waals surface area contributed by atoms with Crippen molar-refractivity contribution < 1.29 is 4.79 Å². The van der Waals surface area contributed by atoms with Crippen molar-refractivity contribution in [3.8, 4) is 0 Å². The van der Waals surface area contributed by atoms with Crippen LogP contribution in [0.5, 0.6) is 0 Å². The lowest BCUT2D eigenvalue weighted by Crippen LogP contribution is -2.25. The van der Waals surface area contributed by atoms with E-state index in [4.69, 9.17) is 0 Å². The smallest absolute Gasteiger partial charge is 0.186 e. The molecule has 0 radical (unpaired) electrons. The van der Waals surface area contributed by atoms with E-state index in [1.165, 1.54) is 0 Å². The van der Waals surface area contributed by atoms with Gasteiger partial charge in [-0.1, -0.05) is 11.3 Å². The number of aryl methyl sites for hydroxylation is 1. The topological polar surface area (TPSA) is 33.2 Å². The normalized spacial score (nSPS) is 15.6. The molecule has 0 aromatic carbocycles. The van der Waals surface area contributed by atoms with Crippen molar-refractivity contribution in [2.45, 2.75) is 39.2 Å². The number of nitrogens with zero attached hydrogens (tertiary/aromatic N) is 2. The SMILES string of the molecule is CC(C)N(C)c1nc2c(s1)C(=O)CCC2. The molecule has 1 aromatic rings. The maximum absolute atomic E-state index is 11.6. The van der Waals surface area contributed by atoms with Crippen LogP contribution in [0.1, 0.15) is 42.1 Å². The molecule has 1 aliphatic rings. The third kappa shape index (κ3) is 1.91. The summed E-state index contributed by atoms with van der Waals surface area (Å²) >= 11 is 1.55. The number of anilines is 1. The second-order valence-corrected chi connectivity index (χ2v) is 5.23. The lowest BCUT2D eigenvalue weighted by atomic mass is 10.0. The molecule has 2 rings (SSSR count). The molecule has 3 nitrogen and oxygen atoms in total. The number of carbonyl (C=O) groups is 1. The first-order chi connectivity index (χ1) is 7.09. The van der Waals surface area contributed by atoms with E-state index in [2.05, 4.69) is 23.7 Å². The average Bonchev–Trinajstić information content (AvgIpc) is 2.61.